The van der Waals surface area contributed by atoms with Crippen LogP contribution < -0.4 is 16.0 Å². The van der Waals surface area contributed by atoms with Crippen molar-refractivity contribution in [3.63, 3.8) is 0 Å². The van der Waals surface area contributed by atoms with Crippen LogP contribution in [0.1, 0.15) is 28.0 Å². The first-order valence-corrected chi connectivity index (χ1v) is 10.5. The zero-order valence-electron chi connectivity index (χ0n) is 16.8. The predicted octanol–water partition coefficient (Wildman–Crippen LogP) is 2.94. The molecule has 9 nitrogen and oxygen atoms in total. The molecule has 2 aromatic heterocycles. The first kappa shape index (κ1) is 20.8. The van der Waals surface area contributed by atoms with E-state index in [2.05, 4.69) is 20.9 Å². The average Bonchev–Trinajstić information content (AvgIpc) is 3.38. The van der Waals surface area contributed by atoms with E-state index in [9.17, 15) is 14.4 Å². The van der Waals surface area contributed by atoms with Gasteiger partial charge in [0.15, 0.2) is 10.9 Å². The molecule has 0 unspecified atom stereocenters. The van der Waals surface area contributed by atoms with Crippen LogP contribution in [-0.2, 0) is 22.6 Å². The number of furan rings is 1. The Morgan fingerprint density at radius 1 is 1.10 bits per heavy atom. The molecule has 31 heavy (non-hydrogen) atoms. The van der Waals surface area contributed by atoms with Gasteiger partial charge in [0, 0.05) is 42.7 Å². The van der Waals surface area contributed by atoms with Crippen LogP contribution in [0.2, 0.25) is 0 Å². The number of nitrogens with one attached hydrogen (secondary N) is 3. The van der Waals surface area contributed by atoms with Gasteiger partial charge in [0.2, 0.25) is 11.8 Å². The molecule has 1 aliphatic rings. The lowest BCUT2D eigenvalue weighted by molar-refractivity contribution is -0.117. The van der Waals surface area contributed by atoms with Crippen LogP contribution in [0.15, 0.2) is 47.1 Å². The molecule has 3 aromatic rings. The largest absolute Gasteiger partial charge is 0.459 e. The Kier molecular flexibility index (Phi) is 6.10. The highest BCUT2D eigenvalue weighted by Crippen LogP contribution is 2.28. The van der Waals surface area contributed by atoms with Gasteiger partial charge in [0.25, 0.3) is 5.91 Å². The molecule has 3 heterocycles. The summed E-state index contributed by atoms with van der Waals surface area (Å²) in [6, 6.07) is 10.2. The fraction of sp³-hybridized carbons (Fsp3) is 0.238. The number of benzene rings is 1. The first-order valence-electron chi connectivity index (χ1n) is 9.69. The summed E-state index contributed by atoms with van der Waals surface area (Å²) in [4.78, 5) is 43.2. The second-order valence-corrected chi connectivity index (χ2v) is 8.17. The van der Waals surface area contributed by atoms with Gasteiger partial charge in [-0.1, -0.05) is 0 Å². The Hall–Kier alpha value is -3.50. The lowest BCUT2D eigenvalue weighted by atomic mass is 10.2. The SMILES string of the molecule is CC(=O)Nc1ccc(NC(=O)CN2CCc3nc(NC(=O)c4ccco4)sc3C2)cc1. The van der Waals surface area contributed by atoms with E-state index in [1.54, 1.807) is 36.4 Å². The maximum Gasteiger partial charge on any atom is 0.293 e. The molecule has 0 saturated heterocycles. The van der Waals surface area contributed by atoms with Crippen LogP contribution in [0.3, 0.4) is 0 Å². The van der Waals surface area contributed by atoms with Crippen LogP contribution in [0.25, 0.3) is 0 Å². The highest BCUT2D eigenvalue weighted by atomic mass is 32.1. The van der Waals surface area contributed by atoms with Crippen molar-refractivity contribution in [3.8, 4) is 0 Å². The minimum atomic E-state index is -0.336. The number of nitrogens with zero attached hydrogens (tertiary/aromatic N) is 2. The summed E-state index contributed by atoms with van der Waals surface area (Å²) in [6.45, 7) is 2.99. The summed E-state index contributed by atoms with van der Waals surface area (Å²) >= 11 is 1.41. The van der Waals surface area contributed by atoms with E-state index in [1.807, 2.05) is 4.90 Å². The number of carbonyl (C=O) groups excluding carboxylic acids is 3. The Labute approximate surface area is 182 Å². The van der Waals surface area contributed by atoms with Crippen LogP contribution in [0, 0.1) is 0 Å². The van der Waals surface area contributed by atoms with E-state index < -0.39 is 0 Å². The monoisotopic (exact) mass is 439 g/mol. The highest BCUT2D eigenvalue weighted by molar-refractivity contribution is 7.15. The zero-order chi connectivity index (χ0) is 21.8. The van der Waals surface area contributed by atoms with E-state index in [-0.39, 0.29) is 30.0 Å². The maximum absolute atomic E-state index is 12.4. The highest BCUT2D eigenvalue weighted by Gasteiger charge is 2.23. The molecule has 0 fully saturated rings. The summed E-state index contributed by atoms with van der Waals surface area (Å²) in [5, 5.41) is 8.84. The van der Waals surface area contributed by atoms with Gasteiger partial charge < -0.3 is 15.1 Å². The minimum Gasteiger partial charge on any atom is -0.459 e. The smallest absolute Gasteiger partial charge is 0.293 e. The van der Waals surface area contributed by atoms with Crippen LogP contribution in [0.4, 0.5) is 16.5 Å². The first-order chi connectivity index (χ1) is 15.0. The standard InChI is InChI=1S/C21H21N5O4S/c1-13(27)22-14-4-6-15(7-5-14)23-19(28)12-26-9-8-16-18(11-26)31-21(24-16)25-20(29)17-3-2-10-30-17/h2-7,10H,8-9,11-12H2,1H3,(H,22,27)(H,23,28)(H,24,25,29). The quantitative estimate of drug-likeness (QED) is 0.544. The minimum absolute atomic E-state index is 0.119. The van der Waals surface area contributed by atoms with E-state index in [1.165, 1.54) is 24.5 Å². The molecule has 160 valence electrons. The molecular formula is C21H21N5O4S. The number of hydrogen-bond acceptors (Lipinski definition) is 7. The third kappa shape index (κ3) is 5.36. The number of carbonyl (C=O) groups is 3. The third-order valence-electron chi connectivity index (χ3n) is 4.63. The predicted molar refractivity (Wildman–Crippen MR) is 117 cm³/mol. The summed E-state index contributed by atoms with van der Waals surface area (Å²) in [5.74, 6) is -0.368. The molecule has 1 aliphatic heterocycles. The Morgan fingerprint density at radius 3 is 2.52 bits per heavy atom. The Bertz CT molecular complexity index is 1090. The number of rotatable bonds is 6. The summed E-state index contributed by atoms with van der Waals surface area (Å²) in [6.07, 6.45) is 2.16. The van der Waals surface area contributed by atoms with E-state index in [4.69, 9.17) is 4.42 Å². The molecule has 3 amide bonds. The van der Waals surface area contributed by atoms with Gasteiger partial charge in [0.05, 0.1) is 18.5 Å². The van der Waals surface area contributed by atoms with Crippen LogP contribution >= 0.6 is 11.3 Å². The second-order valence-electron chi connectivity index (χ2n) is 7.09. The fourth-order valence-electron chi connectivity index (χ4n) is 3.25. The Balaban J connectivity index is 1.30. The maximum atomic E-state index is 12.4. The average molecular weight is 439 g/mol. The van der Waals surface area contributed by atoms with Crippen molar-refractivity contribution in [2.75, 3.05) is 29.0 Å². The molecule has 0 atom stereocenters. The molecule has 0 radical (unpaired) electrons. The van der Waals surface area contributed by atoms with Crippen molar-refractivity contribution < 1.29 is 18.8 Å². The third-order valence-corrected chi connectivity index (χ3v) is 5.63. The number of thiazole rings is 1. The lowest BCUT2D eigenvalue weighted by Crippen LogP contribution is -2.36. The van der Waals surface area contributed by atoms with Crippen molar-refractivity contribution in [3.05, 3.63) is 59.0 Å². The zero-order valence-corrected chi connectivity index (χ0v) is 17.6. The molecule has 10 heteroatoms. The molecule has 4 rings (SSSR count). The normalized spacial score (nSPS) is 13.3. The molecule has 1 aromatic carbocycles. The second kappa shape index (κ2) is 9.11. The molecule has 3 N–H and O–H groups in total. The summed E-state index contributed by atoms with van der Waals surface area (Å²) in [5.41, 5.74) is 2.29. The molecule has 0 spiro atoms. The summed E-state index contributed by atoms with van der Waals surface area (Å²) < 4.78 is 5.10. The van der Waals surface area contributed by atoms with Crippen molar-refractivity contribution >= 4 is 45.6 Å². The number of amides is 3. The lowest BCUT2D eigenvalue weighted by Gasteiger charge is -2.25. The van der Waals surface area contributed by atoms with Crippen molar-refractivity contribution in [2.45, 2.75) is 19.9 Å². The van der Waals surface area contributed by atoms with Crippen molar-refractivity contribution in [2.24, 2.45) is 0 Å². The number of hydrogen-bond donors (Lipinski definition) is 3. The van der Waals surface area contributed by atoms with Gasteiger partial charge in [-0.3, -0.25) is 24.6 Å². The number of fused-ring (bicyclic) bond motifs is 1. The van der Waals surface area contributed by atoms with Crippen LogP contribution in [-0.4, -0.2) is 40.7 Å². The topological polar surface area (TPSA) is 117 Å². The van der Waals surface area contributed by atoms with E-state index in [0.29, 0.717) is 36.0 Å². The van der Waals surface area contributed by atoms with Gasteiger partial charge >= 0.3 is 0 Å². The van der Waals surface area contributed by atoms with Gasteiger partial charge in [-0.05, 0) is 36.4 Å². The van der Waals surface area contributed by atoms with Crippen molar-refractivity contribution in [1.82, 2.24) is 9.88 Å². The molecule has 0 bridgehead atoms. The fourth-order valence-corrected chi connectivity index (χ4v) is 4.29. The van der Waals surface area contributed by atoms with Gasteiger partial charge in [-0.15, -0.1) is 11.3 Å². The van der Waals surface area contributed by atoms with Crippen molar-refractivity contribution in [1.29, 1.82) is 0 Å². The van der Waals surface area contributed by atoms with E-state index in [0.717, 1.165) is 10.6 Å². The van der Waals surface area contributed by atoms with Gasteiger partial charge in [0.1, 0.15) is 0 Å². The number of anilines is 3. The molecule has 0 aliphatic carbocycles. The number of aromatic nitrogens is 1. The molecule has 0 saturated carbocycles. The van der Waals surface area contributed by atoms with Gasteiger partial charge in [-0.25, -0.2) is 4.98 Å². The van der Waals surface area contributed by atoms with E-state index >= 15 is 0 Å². The Morgan fingerprint density at radius 2 is 1.84 bits per heavy atom. The summed E-state index contributed by atoms with van der Waals surface area (Å²) in [7, 11) is 0. The van der Waals surface area contributed by atoms with Crippen LogP contribution in [0.5, 0.6) is 0 Å². The van der Waals surface area contributed by atoms with Gasteiger partial charge in [-0.2, -0.15) is 0 Å². The molecular weight excluding hydrogens is 418 g/mol.